The molecule has 3 nitrogen and oxygen atoms in total. The monoisotopic (exact) mass is 255 g/mol. The largest absolute Gasteiger partial charge is 0.461 e. The smallest absolute Gasteiger partial charge is 0.309 e. The molecule has 0 spiro atoms. The summed E-state index contributed by atoms with van der Waals surface area (Å²) in [6.07, 6.45) is 1.79. The van der Waals surface area contributed by atoms with Crippen LogP contribution in [0.1, 0.15) is 18.4 Å². The van der Waals surface area contributed by atoms with E-state index in [1.807, 2.05) is 30.3 Å². The first-order valence-electron chi connectivity index (χ1n) is 5.77. The van der Waals surface area contributed by atoms with Crippen molar-refractivity contribution in [2.24, 2.45) is 5.92 Å². The van der Waals surface area contributed by atoms with Crippen molar-refractivity contribution in [2.75, 3.05) is 13.1 Å². The summed E-state index contributed by atoms with van der Waals surface area (Å²) in [7, 11) is 0. The molecule has 1 aliphatic rings. The maximum Gasteiger partial charge on any atom is 0.309 e. The van der Waals surface area contributed by atoms with E-state index >= 15 is 0 Å². The van der Waals surface area contributed by atoms with Gasteiger partial charge in [-0.1, -0.05) is 30.3 Å². The van der Waals surface area contributed by atoms with Crippen LogP contribution in [0.4, 0.5) is 0 Å². The number of rotatable bonds is 3. The third kappa shape index (κ3) is 4.36. The first kappa shape index (κ1) is 14.0. The average molecular weight is 256 g/mol. The molecule has 1 N–H and O–H groups in total. The van der Waals surface area contributed by atoms with Gasteiger partial charge in [0, 0.05) is 0 Å². The molecule has 4 heteroatoms. The van der Waals surface area contributed by atoms with Crippen LogP contribution in [0.3, 0.4) is 0 Å². The molecule has 94 valence electrons. The van der Waals surface area contributed by atoms with Gasteiger partial charge in [0.2, 0.25) is 0 Å². The fraction of sp³-hybridized carbons (Fsp3) is 0.462. The van der Waals surface area contributed by atoms with E-state index in [9.17, 15) is 4.79 Å². The molecule has 2 rings (SSSR count). The minimum absolute atomic E-state index is 0. The summed E-state index contributed by atoms with van der Waals surface area (Å²) in [6.45, 7) is 2.24. The SMILES string of the molecule is Cl.O=C(OCc1ccccc1)C1CCNCC1. The number of hydrogen-bond acceptors (Lipinski definition) is 3. The number of esters is 1. The molecule has 1 aromatic rings. The average Bonchev–Trinajstić information content (AvgIpc) is 2.38. The second-order valence-corrected chi connectivity index (χ2v) is 4.12. The van der Waals surface area contributed by atoms with E-state index in [1.54, 1.807) is 0 Å². The fourth-order valence-corrected chi connectivity index (χ4v) is 1.90. The number of nitrogens with one attached hydrogen (secondary N) is 1. The third-order valence-corrected chi connectivity index (χ3v) is 2.90. The van der Waals surface area contributed by atoms with Gasteiger partial charge < -0.3 is 10.1 Å². The van der Waals surface area contributed by atoms with Crippen LogP contribution in [-0.4, -0.2) is 19.1 Å². The lowest BCUT2D eigenvalue weighted by Crippen LogP contribution is -2.32. The van der Waals surface area contributed by atoms with Crippen LogP contribution in [0.15, 0.2) is 30.3 Å². The first-order chi connectivity index (χ1) is 7.86. The normalized spacial score (nSPS) is 16.0. The Morgan fingerprint density at radius 1 is 1.24 bits per heavy atom. The Hall–Kier alpha value is -1.06. The van der Waals surface area contributed by atoms with E-state index in [2.05, 4.69) is 5.32 Å². The molecule has 1 fully saturated rings. The number of halogens is 1. The van der Waals surface area contributed by atoms with Crippen LogP contribution in [0.2, 0.25) is 0 Å². The molecule has 17 heavy (non-hydrogen) atoms. The van der Waals surface area contributed by atoms with Gasteiger partial charge in [0.15, 0.2) is 0 Å². The van der Waals surface area contributed by atoms with Gasteiger partial charge in [0.25, 0.3) is 0 Å². The zero-order valence-corrected chi connectivity index (χ0v) is 10.5. The van der Waals surface area contributed by atoms with Gasteiger partial charge in [0.05, 0.1) is 5.92 Å². The number of benzene rings is 1. The molecule has 1 aliphatic heterocycles. The molecule has 0 aliphatic carbocycles. The van der Waals surface area contributed by atoms with E-state index in [4.69, 9.17) is 4.74 Å². The minimum Gasteiger partial charge on any atom is -0.461 e. The molecule has 0 aromatic heterocycles. The van der Waals surface area contributed by atoms with Crippen molar-refractivity contribution < 1.29 is 9.53 Å². The number of ether oxygens (including phenoxy) is 1. The third-order valence-electron chi connectivity index (χ3n) is 2.90. The van der Waals surface area contributed by atoms with Gasteiger partial charge in [-0.15, -0.1) is 12.4 Å². The summed E-state index contributed by atoms with van der Waals surface area (Å²) in [6, 6.07) is 9.80. The molecule has 0 atom stereocenters. The Bertz CT molecular complexity index is 337. The molecule has 0 bridgehead atoms. The Morgan fingerprint density at radius 3 is 2.53 bits per heavy atom. The van der Waals surface area contributed by atoms with Crippen molar-refractivity contribution in [1.29, 1.82) is 0 Å². The van der Waals surface area contributed by atoms with Crippen LogP contribution in [0.5, 0.6) is 0 Å². The maximum atomic E-state index is 11.7. The molecule has 1 aromatic carbocycles. The second-order valence-electron chi connectivity index (χ2n) is 4.12. The molecule has 0 unspecified atom stereocenters. The molecule has 1 heterocycles. The molecular weight excluding hydrogens is 238 g/mol. The minimum atomic E-state index is -0.0506. The Kier molecular flexibility index (Phi) is 6.01. The van der Waals surface area contributed by atoms with Gasteiger partial charge in [0.1, 0.15) is 6.61 Å². The van der Waals surface area contributed by atoms with Crippen molar-refractivity contribution in [3.05, 3.63) is 35.9 Å². The topological polar surface area (TPSA) is 38.3 Å². The number of hydrogen-bond donors (Lipinski definition) is 1. The second kappa shape index (κ2) is 7.30. The van der Waals surface area contributed by atoms with Gasteiger partial charge in [-0.2, -0.15) is 0 Å². The van der Waals surface area contributed by atoms with Crippen molar-refractivity contribution in [3.8, 4) is 0 Å². The highest BCUT2D eigenvalue weighted by molar-refractivity contribution is 5.85. The number of carbonyl (C=O) groups is 1. The first-order valence-corrected chi connectivity index (χ1v) is 5.77. The zero-order valence-electron chi connectivity index (χ0n) is 9.72. The number of carbonyl (C=O) groups excluding carboxylic acids is 1. The summed E-state index contributed by atoms with van der Waals surface area (Å²) in [5, 5.41) is 3.24. The standard InChI is InChI=1S/C13H17NO2.ClH/c15-13(12-6-8-14-9-7-12)16-10-11-4-2-1-3-5-11;/h1-5,12,14H,6-10H2;1H. The van der Waals surface area contributed by atoms with Crippen LogP contribution in [0.25, 0.3) is 0 Å². The maximum absolute atomic E-state index is 11.7. The Labute approximate surface area is 108 Å². The summed E-state index contributed by atoms with van der Waals surface area (Å²) in [5.74, 6) is 0.0373. The highest BCUT2D eigenvalue weighted by Gasteiger charge is 2.21. The van der Waals surface area contributed by atoms with Crippen molar-refractivity contribution >= 4 is 18.4 Å². The van der Waals surface area contributed by atoms with Crippen LogP contribution in [0, 0.1) is 5.92 Å². The Balaban J connectivity index is 0.00000144. The van der Waals surface area contributed by atoms with Crippen molar-refractivity contribution in [3.63, 3.8) is 0 Å². The van der Waals surface area contributed by atoms with E-state index in [1.165, 1.54) is 0 Å². The molecule has 0 radical (unpaired) electrons. The summed E-state index contributed by atoms with van der Waals surface area (Å²) in [5.41, 5.74) is 1.05. The van der Waals surface area contributed by atoms with E-state index in [-0.39, 0.29) is 24.3 Å². The lowest BCUT2D eigenvalue weighted by Gasteiger charge is -2.20. The molecule has 0 saturated carbocycles. The lowest BCUT2D eigenvalue weighted by atomic mass is 9.98. The highest BCUT2D eigenvalue weighted by Crippen LogP contribution is 2.14. The van der Waals surface area contributed by atoms with E-state index in [0.717, 1.165) is 31.5 Å². The van der Waals surface area contributed by atoms with Gasteiger partial charge in [-0.05, 0) is 31.5 Å². The molecule has 1 saturated heterocycles. The van der Waals surface area contributed by atoms with Crippen LogP contribution in [-0.2, 0) is 16.1 Å². The summed E-state index contributed by atoms with van der Waals surface area (Å²) in [4.78, 5) is 11.7. The zero-order chi connectivity index (χ0) is 11.2. The van der Waals surface area contributed by atoms with Crippen molar-refractivity contribution in [1.82, 2.24) is 5.32 Å². The van der Waals surface area contributed by atoms with Crippen molar-refractivity contribution in [2.45, 2.75) is 19.4 Å². The lowest BCUT2D eigenvalue weighted by molar-refractivity contribution is -0.150. The van der Waals surface area contributed by atoms with E-state index in [0.29, 0.717) is 6.61 Å². The van der Waals surface area contributed by atoms with Crippen LogP contribution >= 0.6 is 12.4 Å². The van der Waals surface area contributed by atoms with E-state index < -0.39 is 0 Å². The quantitative estimate of drug-likeness (QED) is 0.842. The van der Waals surface area contributed by atoms with Gasteiger partial charge in [-0.3, -0.25) is 4.79 Å². The Morgan fingerprint density at radius 2 is 1.88 bits per heavy atom. The molecular formula is C13H18ClNO2. The summed E-state index contributed by atoms with van der Waals surface area (Å²) >= 11 is 0. The highest BCUT2D eigenvalue weighted by atomic mass is 35.5. The number of piperidine rings is 1. The summed E-state index contributed by atoms with van der Waals surface area (Å²) < 4.78 is 5.30. The van der Waals surface area contributed by atoms with Gasteiger partial charge >= 0.3 is 5.97 Å². The predicted molar refractivity (Wildman–Crippen MR) is 69.1 cm³/mol. The fourth-order valence-electron chi connectivity index (χ4n) is 1.90. The predicted octanol–water partition coefficient (Wildman–Crippen LogP) is 2.15. The molecule has 0 amide bonds. The van der Waals surface area contributed by atoms with Gasteiger partial charge in [-0.25, -0.2) is 0 Å². The van der Waals surface area contributed by atoms with Crippen LogP contribution < -0.4 is 5.32 Å².